The molecule has 0 saturated heterocycles. The Labute approximate surface area is 102 Å². The Morgan fingerprint density at radius 3 is 2.33 bits per heavy atom. The van der Waals surface area contributed by atoms with Gasteiger partial charge in [0.05, 0.1) is 11.9 Å². The molecule has 0 saturated carbocycles. The predicted molar refractivity (Wildman–Crippen MR) is 57.0 cm³/mol. The van der Waals surface area contributed by atoms with Crippen LogP contribution in [0.5, 0.6) is 0 Å². The Bertz CT molecular complexity index is 300. The average Bonchev–Trinajstić information content (AvgIpc) is 2.40. The fourth-order valence-electron chi connectivity index (χ4n) is 1.02. The number of nitrogens with one attached hydrogen (secondary N) is 1. The van der Waals surface area contributed by atoms with Crippen LogP contribution in [0.1, 0.15) is 0 Å². The molecule has 4 atom stereocenters. The zero-order chi connectivity index (χ0) is 14.3. The molecule has 0 fully saturated rings. The quantitative estimate of drug-likeness (QED) is 0.186. The molecule has 0 aliphatic rings. The van der Waals surface area contributed by atoms with Gasteiger partial charge in [0.2, 0.25) is 0 Å². The van der Waals surface area contributed by atoms with Gasteiger partial charge in [0.1, 0.15) is 30.6 Å². The van der Waals surface area contributed by atoms with Crippen LogP contribution in [0.2, 0.25) is 0 Å². The van der Waals surface area contributed by atoms with E-state index in [1.807, 2.05) is 5.32 Å². The lowest BCUT2D eigenvalue weighted by Crippen LogP contribution is -2.54. The Hall–Kier alpha value is -1.62. The number of carbonyl (C=O) groups excluding carboxylic acids is 2. The monoisotopic (exact) mass is 265 g/mol. The molecule has 5 N–H and O–H groups in total. The summed E-state index contributed by atoms with van der Waals surface area (Å²) in [5.74, 6) is 0. The van der Waals surface area contributed by atoms with Crippen LogP contribution in [-0.4, -0.2) is 75.8 Å². The minimum Gasteiger partial charge on any atom is -0.394 e. The molecule has 0 heterocycles. The summed E-state index contributed by atoms with van der Waals surface area (Å²) >= 11 is 0. The Kier molecular flexibility index (Phi) is 6.97. The van der Waals surface area contributed by atoms with Crippen molar-refractivity contribution in [3.63, 3.8) is 0 Å². The molecule has 0 rings (SSSR count). The summed E-state index contributed by atoms with van der Waals surface area (Å²) in [6.45, 7) is -0.840. The molecule has 0 aliphatic heterocycles. The minimum atomic E-state index is -1.85. The molecule has 2 amide bonds. The number of nitroso groups, excluding NO2 is 1. The SMILES string of the molecule is CN(N=O)C(=O)N[C@@H](C=O)[C@@H](O)[C@H](O)[C@H](O)CO. The number of urea groups is 1. The van der Waals surface area contributed by atoms with Gasteiger partial charge in [-0.1, -0.05) is 0 Å². The van der Waals surface area contributed by atoms with E-state index >= 15 is 0 Å². The van der Waals surface area contributed by atoms with Crippen LogP contribution in [0.25, 0.3) is 0 Å². The number of hydrogen-bond acceptors (Lipinski definition) is 8. The van der Waals surface area contributed by atoms with Crippen LogP contribution in [0, 0.1) is 4.91 Å². The number of nitrogens with zero attached hydrogens (tertiary/aromatic N) is 2. The molecule has 10 heteroatoms. The van der Waals surface area contributed by atoms with E-state index < -0.39 is 37.0 Å². The van der Waals surface area contributed by atoms with E-state index in [-0.39, 0.29) is 6.29 Å². The smallest absolute Gasteiger partial charge is 0.340 e. The number of hydrogen-bond donors (Lipinski definition) is 5. The van der Waals surface area contributed by atoms with Crippen molar-refractivity contribution < 1.29 is 30.0 Å². The maximum atomic E-state index is 11.2. The fraction of sp³-hybridized carbons (Fsp3) is 0.750. The number of carbonyl (C=O) groups is 2. The first kappa shape index (κ1) is 16.4. The number of amides is 2. The minimum absolute atomic E-state index is 0.106. The zero-order valence-corrected chi connectivity index (χ0v) is 9.50. The second-order valence-corrected chi connectivity index (χ2v) is 3.45. The fourth-order valence-corrected chi connectivity index (χ4v) is 1.02. The van der Waals surface area contributed by atoms with E-state index in [2.05, 4.69) is 5.29 Å². The van der Waals surface area contributed by atoms with Crippen molar-refractivity contribution in [2.45, 2.75) is 24.4 Å². The van der Waals surface area contributed by atoms with Crippen LogP contribution in [-0.2, 0) is 4.79 Å². The predicted octanol–water partition coefficient (Wildman–Crippen LogP) is -3.05. The molecule has 0 spiro atoms. The third-order valence-electron chi connectivity index (χ3n) is 2.15. The van der Waals surface area contributed by atoms with Crippen molar-refractivity contribution in [2.24, 2.45) is 5.29 Å². The molecule has 0 aromatic carbocycles. The summed E-state index contributed by atoms with van der Waals surface area (Å²) in [5.41, 5.74) is 0. The van der Waals surface area contributed by atoms with Crippen molar-refractivity contribution in [3.05, 3.63) is 4.91 Å². The van der Waals surface area contributed by atoms with E-state index in [0.717, 1.165) is 7.05 Å². The van der Waals surface area contributed by atoms with Gasteiger partial charge in [0.15, 0.2) is 0 Å². The van der Waals surface area contributed by atoms with Crippen molar-refractivity contribution in [3.8, 4) is 0 Å². The lowest BCUT2D eigenvalue weighted by atomic mass is 10.0. The highest BCUT2D eigenvalue weighted by Crippen LogP contribution is 2.04. The summed E-state index contributed by atoms with van der Waals surface area (Å²) < 4.78 is 0. The van der Waals surface area contributed by atoms with Crippen molar-refractivity contribution in [1.29, 1.82) is 0 Å². The van der Waals surface area contributed by atoms with Crippen LogP contribution in [0.3, 0.4) is 0 Å². The van der Waals surface area contributed by atoms with Gasteiger partial charge < -0.3 is 30.5 Å². The molecule has 0 aliphatic carbocycles. The molecule has 0 bridgehead atoms. The van der Waals surface area contributed by atoms with E-state index in [4.69, 9.17) is 10.2 Å². The summed E-state index contributed by atoms with van der Waals surface area (Å²) in [6.07, 6.45) is -5.27. The summed E-state index contributed by atoms with van der Waals surface area (Å²) in [5, 5.41) is 40.9. The van der Waals surface area contributed by atoms with Crippen molar-refractivity contribution in [1.82, 2.24) is 10.3 Å². The summed E-state index contributed by atoms with van der Waals surface area (Å²) in [7, 11) is 1.01. The lowest BCUT2D eigenvalue weighted by molar-refractivity contribution is -0.119. The second kappa shape index (κ2) is 7.66. The van der Waals surface area contributed by atoms with Gasteiger partial charge in [-0.3, -0.25) is 0 Å². The van der Waals surface area contributed by atoms with Crippen LogP contribution < -0.4 is 5.32 Å². The first-order chi connectivity index (χ1) is 8.38. The van der Waals surface area contributed by atoms with Gasteiger partial charge in [-0.25, -0.2) is 4.79 Å². The maximum absolute atomic E-state index is 11.2. The molecule has 0 radical (unpaired) electrons. The normalized spacial score (nSPS) is 17.2. The molecular weight excluding hydrogens is 250 g/mol. The Balaban J connectivity index is 4.62. The Morgan fingerprint density at radius 1 is 1.39 bits per heavy atom. The van der Waals surface area contributed by atoms with Crippen LogP contribution >= 0.6 is 0 Å². The summed E-state index contributed by atoms with van der Waals surface area (Å²) in [6, 6.07) is -2.65. The highest BCUT2D eigenvalue weighted by Gasteiger charge is 2.32. The van der Waals surface area contributed by atoms with E-state index in [9.17, 15) is 24.7 Å². The number of aldehydes is 1. The second-order valence-electron chi connectivity index (χ2n) is 3.45. The van der Waals surface area contributed by atoms with Gasteiger partial charge in [0.25, 0.3) is 0 Å². The molecule has 0 aromatic rings. The molecule has 0 aromatic heterocycles. The van der Waals surface area contributed by atoms with Gasteiger partial charge in [-0.2, -0.15) is 5.01 Å². The van der Waals surface area contributed by atoms with Crippen molar-refractivity contribution in [2.75, 3.05) is 13.7 Å². The molecule has 0 unspecified atom stereocenters. The highest BCUT2D eigenvalue weighted by atomic mass is 16.4. The summed E-state index contributed by atoms with van der Waals surface area (Å²) in [4.78, 5) is 31.8. The van der Waals surface area contributed by atoms with E-state index in [0.29, 0.717) is 5.01 Å². The van der Waals surface area contributed by atoms with Crippen LogP contribution in [0.15, 0.2) is 5.29 Å². The van der Waals surface area contributed by atoms with Gasteiger partial charge >= 0.3 is 6.03 Å². The first-order valence-electron chi connectivity index (χ1n) is 4.86. The number of rotatable bonds is 7. The molecule has 104 valence electrons. The maximum Gasteiger partial charge on any atom is 0.340 e. The van der Waals surface area contributed by atoms with Gasteiger partial charge in [-0.05, 0) is 0 Å². The van der Waals surface area contributed by atoms with E-state index in [1.54, 1.807) is 0 Å². The largest absolute Gasteiger partial charge is 0.394 e. The zero-order valence-electron chi connectivity index (χ0n) is 9.50. The van der Waals surface area contributed by atoms with E-state index in [1.165, 1.54) is 0 Å². The van der Waals surface area contributed by atoms with Gasteiger partial charge in [-0.15, -0.1) is 4.91 Å². The topological polar surface area (TPSA) is 160 Å². The van der Waals surface area contributed by atoms with Crippen molar-refractivity contribution >= 4 is 12.3 Å². The average molecular weight is 265 g/mol. The number of aliphatic hydroxyl groups is 4. The van der Waals surface area contributed by atoms with Crippen LogP contribution in [0.4, 0.5) is 4.79 Å². The number of aliphatic hydroxyl groups excluding tert-OH is 4. The molecular formula is C8H15N3O7. The highest BCUT2D eigenvalue weighted by molar-refractivity contribution is 5.77. The standard InChI is InChI=1S/C8H15N3O7/c1-11(10-18)8(17)9-4(2-12)6(15)7(16)5(14)3-13/h2,4-7,13-16H,3H2,1H3,(H,9,17)/t4-,5+,6+,7+/m0/s1. The molecule has 10 nitrogen and oxygen atoms in total. The lowest BCUT2D eigenvalue weighted by Gasteiger charge is -2.26. The Morgan fingerprint density at radius 2 is 1.94 bits per heavy atom. The third-order valence-corrected chi connectivity index (χ3v) is 2.15. The van der Waals surface area contributed by atoms with Gasteiger partial charge in [0, 0.05) is 7.05 Å². The third kappa shape index (κ3) is 4.33. The first-order valence-corrected chi connectivity index (χ1v) is 4.86. The molecule has 18 heavy (non-hydrogen) atoms.